The number of ether oxygens (including phenoxy) is 1. The van der Waals surface area contributed by atoms with Crippen molar-refractivity contribution in [3.8, 4) is 0 Å². The van der Waals surface area contributed by atoms with E-state index >= 15 is 0 Å². The number of carbonyl (C=O) groups excluding carboxylic acids is 1. The van der Waals surface area contributed by atoms with Crippen LogP contribution in [0.15, 0.2) is 40.9 Å². The molecule has 0 heterocycles. The van der Waals surface area contributed by atoms with E-state index in [1.165, 1.54) is 63.0 Å². The number of rotatable bonds is 6. The van der Waals surface area contributed by atoms with Gasteiger partial charge in [-0.3, -0.25) is 0 Å². The molecule has 0 aromatic heterocycles. The molecule has 2 aliphatic rings. The zero-order valence-corrected chi connectivity index (χ0v) is 18.1. The normalized spacial score (nSPS) is 29.0. The van der Waals surface area contributed by atoms with Gasteiger partial charge >= 0.3 is 5.97 Å². The summed E-state index contributed by atoms with van der Waals surface area (Å²) in [5.74, 6) is 2.49. The molecule has 0 radical (unpaired) electrons. The molecule has 27 heavy (non-hydrogen) atoms. The SMILES string of the molecule is C/C=C/C(=O)OC1CCC(C2CCC(CCc3ccc(Br)cc3)CC2)CC1. The maximum absolute atomic E-state index is 11.6. The molecule has 0 bridgehead atoms. The summed E-state index contributed by atoms with van der Waals surface area (Å²) in [6, 6.07) is 8.80. The Morgan fingerprint density at radius 1 is 1.00 bits per heavy atom. The van der Waals surface area contributed by atoms with E-state index in [0.717, 1.165) is 35.1 Å². The summed E-state index contributed by atoms with van der Waals surface area (Å²) in [6.45, 7) is 1.85. The van der Waals surface area contributed by atoms with Crippen molar-refractivity contribution in [2.75, 3.05) is 0 Å². The van der Waals surface area contributed by atoms with Gasteiger partial charge in [0.05, 0.1) is 0 Å². The van der Waals surface area contributed by atoms with Crippen molar-refractivity contribution >= 4 is 21.9 Å². The van der Waals surface area contributed by atoms with E-state index in [2.05, 4.69) is 40.2 Å². The van der Waals surface area contributed by atoms with Crippen molar-refractivity contribution in [3.05, 3.63) is 46.5 Å². The van der Waals surface area contributed by atoms with Gasteiger partial charge in [0.25, 0.3) is 0 Å². The molecule has 2 fully saturated rings. The highest BCUT2D eigenvalue weighted by atomic mass is 79.9. The van der Waals surface area contributed by atoms with Crippen molar-refractivity contribution in [2.45, 2.75) is 77.2 Å². The highest BCUT2D eigenvalue weighted by molar-refractivity contribution is 9.10. The highest BCUT2D eigenvalue weighted by Gasteiger charge is 2.31. The third-order valence-corrected chi connectivity index (χ3v) is 7.15. The zero-order chi connectivity index (χ0) is 19.1. The van der Waals surface area contributed by atoms with Crippen LogP contribution in [0.1, 0.15) is 70.3 Å². The minimum Gasteiger partial charge on any atom is -0.459 e. The van der Waals surface area contributed by atoms with Crippen LogP contribution in [0.5, 0.6) is 0 Å². The fourth-order valence-corrected chi connectivity index (χ4v) is 5.25. The smallest absolute Gasteiger partial charge is 0.330 e. The second kappa shape index (κ2) is 10.5. The lowest BCUT2D eigenvalue weighted by Gasteiger charge is -2.37. The summed E-state index contributed by atoms with van der Waals surface area (Å²) in [7, 11) is 0. The third kappa shape index (κ3) is 6.48. The number of aryl methyl sites for hydroxylation is 1. The van der Waals surface area contributed by atoms with Crippen LogP contribution >= 0.6 is 15.9 Å². The Hall–Kier alpha value is -1.09. The van der Waals surface area contributed by atoms with E-state index < -0.39 is 0 Å². The summed E-state index contributed by atoms with van der Waals surface area (Å²) in [4.78, 5) is 11.6. The van der Waals surface area contributed by atoms with E-state index in [9.17, 15) is 4.79 Å². The molecule has 0 saturated heterocycles. The first kappa shape index (κ1) is 20.6. The predicted octanol–water partition coefficient (Wildman–Crippen LogP) is 6.87. The average molecular weight is 433 g/mol. The molecular weight excluding hydrogens is 400 g/mol. The summed E-state index contributed by atoms with van der Waals surface area (Å²) in [5, 5.41) is 0. The van der Waals surface area contributed by atoms with Gasteiger partial charge in [-0.25, -0.2) is 4.79 Å². The van der Waals surface area contributed by atoms with Gasteiger partial charge < -0.3 is 4.74 Å². The number of carbonyl (C=O) groups is 1. The number of esters is 1. The number of allylic oxidation sites excluding steroid dienone is 1. The molecule has 0 N–H and O–H groups in total. The first-order valence-electron chi connectivity index (χ1n) is 10.7. The van der Waals surface area contributed by atoms with Crippen molar-refractivity contribution in [2.24, 2.45) is 17.8 Å². The van der Waals surface area contributed by atoms with Crippen LogP contribution in [0.4, 0.5) is 0 Å². The van der Waals surface area contributed by atoms with Crippen molar-refractivity contribution in [1.82, 2.24) is 0 Å². The molecule has 1 aromatic carbocycles. The molecule has 0 atom stereocenters. The summed E-state index contributed by atoms with van der Waals surface area (Å²) in [5.41, 5.74) is 1.46. The Labute approximate surface area is 172 Å². The van der Waals surface area contributed by atoms with Gasteiger partial charge in [-0.1, -0.05) is 47.0 Å². The largest absolute Gasteiger partial charge is 0.459 e. The minimum absolute atomic E-state index is 0.146. The Bertz CT molecular complexity index is 606. The second-order valence-corrected chi connectivity index (χ2v) is 9.34. The topological polar surface area (TPSA) is 26.3 Å². The van der Waals surface area contributed by atoms with Gasteiger partial charge in [0, 0.05) is 10.5 Å². The lowest BCUT2D eigenvalue weighted by molar-refractivity contribution is -0.145. The lowest BCUT2D eigenvalue weighted by atomic mass is 9.70. The van der Waals surface area contributed by atoms with Crippen LogP contribution in [0, 0.1) is 17.8 Å². The van der Waals surface area contributed by atoms with Crippen LogP contribution in [0.25, 0.3) is 0 Å². The molecule has 0 spiro atoms. The molecule has 1 aromatic rings. The molecule has 2 saturated carbocycles. The minimum atomic E-state index is -0.174. The van der Waals surface area contributed by atoms with Crippen molar-refractivity contribution in [1.29, 1.82) is 0 Å². The molecule has 148 valence electrons. The van der Waals surface area contributed by atoms with Crippen molar-refractivity contribution < 1.29 is 9.53 Å². The molecular formula is C24H33BrO2. The maximum Gasteiger partial charge on any atom is 0.330 e. The van der Waals surface area contributed by atoms with Gasteiger partial charge in [0.1, 0.15) is 6.10 Å². The first-order chi connectivity index (χ1) is 13.1. The Morgan fingerprint density at radius 2 is 1.59 bits per heavy atom. The predicted molar refractivity (Wildman–Crippen MR) is 115 cm³/mol. The molecule has 0 unspecified atom stereocenters. The maximum atomic E-state index is 11.6. The first-order valence-corrected chi connectivity index (χ1v) is 11.5. The highest BCUT2D eigenvalue weighted by Crippen LogP contribution is 2.41. The van der Waals surface area contributed by atoms with E-state index in [4.69, 9.17) is 4.74 Å². The third-order valence-electron chi connectivity index (χ3n) is 6.62. The van der Waals surface area contributed by atoms with Crippen LogP contribution in [0.3, 0.4) is 0 Å². The van der Waals surface area contributed by atoms with E-state index in [1.807, 2.05) is 6.92 Å². The molecule has 2 aliphatic carbocycles. The van der Waals surface area contributed by atoms with Crippen LogP contribution in [-0.2, 0) is 16.0 Å². The number of hydrogen-bond donors (Lipinski definition) is 0. The van der Waals surface area contributed by atoms with E-state index in [1.54, 1.807) is 6.08 Å². The molecule has 0 amide bonds. The van der Waals surface area contributed by atoms with Gasteiger partial charge in [0.15, 0.2) is 0 Å². The second-order valence-electron chi connectivity index (χ2n) is 8.42. The lowest BCUT2D eigenvalue weighted by Crippen LogP contribution is -2.29. The number of benzene rings is 1. The molecule has 2 nitrogen and oxygen atoms in total. The van der Waals surface area contributed by atoms with Crippen molar-refractivity contribution in [3.63, 3.8) is 0 Å². The summed E-state index contributed by atoms with van der Waals surface area (Å²) >= 11 is 3.51. The Balaban J connectivity index is 1.35. The molecule has 0 aliphatic heterocycles. The van der Waals surface area contributed by atoms with Crippen LogP contribution < -0.4 is 0 Å². The Kier molecular flexibility index (Phi) is 7.99. The zero-order valence-electron chi connectivity index (χ0n) is 16.5. The summed E-state index contributed by atoms with van der Waals surface area (Å²) in [6.07, 6.45) is 16.2. The monoisotopic (exact) mass is 432 g/mol. The van der Waals surface area contributed by atoms with E-state index in [0.29, 0.717) is 0 Å². The Morgan fingerprint density at radius 3 is 2.19 bits per heavy atom. The van der Waals surface area contributed by atoms with Gasteiger partial charge in [-0.2, -0.15) is 0 Å². The van der Waals surface area contributed by atoms with Crippen LogP contribution in [0.2, 0.25) is 0 Å². The average Bonchev–Trinajstić information content (AvgIpc) is 2.69. The fraction of sp³-hybridized carbons (Fsp3) is 0.625. The molecule has 3 rings (SSSR count). The fourth-order valence-electron chi connectivity index (χ4n) is 4.99. The van der Waals surface area contributed by atoms with E-state index in [-0.39, 0.29) is 12.1 Å². The number of halogens is 1. The number of hydrogen-bond acceptors (Lipinski definition) is 2. The van der Waals surface area contributed by atoms with Gasteiger partial charge in [-0.15, -0.1) is 0 Å². The van der Waals surface area contributed by atoms with Gasteiger partial charge in [-0.05, 0) is 93.7 Å². The van der Waals surface area contributed by atoms with Crippen LogP contribution in [-0.4, -0.2) is 12.1 Å². The van der Waals surface area contributed by atoms with Gasteiger partial charge in [0.2, 0.25) is 0 Å². The standard InChI is InChI=1S/C24H33BrO2/c1-2-3-24(26)27-23-16-12-21(13-17-23)20-10-6-18(7-11-20)4-5-19-8-14-22(25)15-9-19/h2-3,8-9,14-15,18,20-21,23H,4-7,10-13,16-17H2,1H3/b3-2+. The quantitative estimate of drug-likeness (QED) is 0.362. The summed E-state index contributed by atoms with van der Waals surface area (Å²) < 4.78 is 6.70. The molecule has 3 heteroatoms.